The molecule has 0 aromatic heterocycles. The standard InChI is InChI=1S/C10H12N2O5/c11-5-6-16-10(13)9-3-1-8(2-4-9)7-17-12(14)15/h1-4H,5-7,11H2. The SMILES string of the molecule is NCCOC(=O)c1ccc(CO[N+](=O)[O-])cc1. The molecule has 0 aliphatic rings. The molecule has 2 N–H and O–H groups in total. The molecule has 0 heterocycles. The zero-order valence-corrected chi connectivity index (χ0v) is 9.00. The van der Waals surface area contributed by atoms with Gasteiger partial charge in [0, 0.05) is 6.54 Å². The molecule has 7 heteroatoms. The van der Waals surface area contributed by atoms with Gasteiger partial charge in [0.1, 0.15) is 13.2 Å². The summed E-state index contributed by atoms with van der Waals surface area (Å²) >= 11 is 0. The zero-order chi connectivity index (χ0) is 12.7. The fourth-order valence-electron chi connectivity index (χ4n) is 1.10. The molecule has 0 atom stereocenters. The number of hydrogen-bond acceptors (Lipinski definition) is 6. The average molecular weight is 240 g/mol. The monoisotopic (exact) mass is 240 g/mol. The molecule has 0 bridgehead atoms. The van der Waals surface area contributed by atoms with Gasteiger partial charge < -0.3 is 15.3 Å². The van der Waals surface area contributed by atoms with Crippen LogP contribution in [0, 0.1) is 10.1 Å². The second-order valence-corrected chi connectivity index (χ2v) is 3.12. The first-order valence-electron chi connectivity index (χ1n) is 4.87. The van der Waals surface area contributed by atoms with Crippen LogP contribution in [0.2, 0.25) is 0 Å². The summed E-state index contributed by atoms with van der Waals surface area (Å²) in [6.07, 6.45) is 0. The Morgan fingerprint density at radius 2 is 2.00 bits per heavy atom. The number of nitrogens with zero attached hydrogens (tertiary/aromatic N) is 1. The Hall–Kier alpha value is -2.15. The third-order valence-corrected chi connectivity index (χ3v) is 1.88. The summed E-state index contributed by atoms with van der Waals surface area (Å²) < 4.78 is 4.81. The minimum atomic E-state index is -0.872. The van der Waals surface area contributed by atoms with Crippen LogP contribution in [0.5, 0.6) is 0 Å². The number of ether oxygens (including phenoxy) is 1. The molecule has 0 saturated heterocycles. The molecule has 0 saturated carbocycles. The summed E-state index contributed by atoms with van der Waals surface area (Å²) in [5.74, 6) is -0.475. The van der Waals surface area contributed by atoms with Crippen molar-refractivity contribution in [3.63, 3.8) is 0 Å². The van der Waals surface area contributed by atoms with Crippen molar-refractivity contribution in [2.45, 2.75) is 6.61 Å². The van der Waals surface area contributed by atoms with Crippen LogP contribution in [0.25, 0.3) is 0 Å². The van der Waals surface area contributed by atoms with Gasteiger partial charge in [-0.2, -0.15) is 0 Å². The molecule has 1 aromatic carbocycles. The molecule has 0 aliphatic heterocycles. The van der Waals surface area contributed by atoms with Crippen LogP contribution < -0.4 is 5.73 Å². The lowest BCUT2D eigenvalue weighted by molar-refractivity contribution is -0.763. The predicted molar refractivity (Wildman–Crippen MR) is 57.6 cm³/mol. The number of benzene rings is 1. The van der Waals surface area contributed by atoms with Gasteiger partial charge in [-0.15, -0.1) is 10.1 Å². The number of nitrogens with two attached hydrogens (primary N) is 1. The fraction of sp³-hybridized carbons (Fsp3) is 0.300. The zero-order valence-electron chi connectivity index (χ0n) is 9.00. The van der Waals surface area contributed by atoms with Gasteiger partial charge in [0.05, 0.1) is 5.56 Å². The Labute approximate surface area is 97.2 Å². The molecule has 0 aliphatic carbocycles. The number of rotatable bonds is 6. The van der Waals surface area contributed by atoms with E-state index in [9.17, 15) is 14.9 Å². The molecule has 0 spiro atoms. The molecule has 0 amide bonds. The van der Waals surface area contributed by atoms with Crippen molar-refractivity contribution < 1.29 is 19.5 Å². The second kappa shape index (κ2) is 6.44. The molecule has 0 fully saturated rings. The van der Waals surface area contributed by atoms with Gasteiger partial charge in [0.15, 0.2) is 0 Å². The topological polar surface area (TPSA) is 105 Å². The van der Waals surface area contributed by atoms with E-state index in [-0.39, 0.29) is 19.8 Å². The van der Waals surface area contributed by atoms with E-state index in [1.165, 1.54) is 12.1 Å². The van der Waals surface area contributed by atoms with E-state index in [0.717, 1.165) is 0 Å². The molecular weight excluding hydrogens is 228 g/mol. The van der Waals surface area contributed by atoms with Crippen LogP contribution >= 0.6 is 0 Å². The quantitative estimate of drug-likeness (QED) is 0.441. The maximum Gasteiger partial charge on any atom is 0.338 e. The minimum absolute atomic E-state index is 0.148. The summed E-state index contributed by atoms with van der Waals surface area (Å²) in [7, 11) is 0. The van der Waals surface area contributed by atoms with Gasteiger partial charge in [0.2, 0.25) is 0 Å². The maximum absolute atomic E-state index is 11.4. The first-order chi connectivity index (χ1) is 8.13. The van der Waals surface area contributed by atoms with Crippen molar-refractivity contribution in [3.8, 4) is 0 Å². The highest BCUT2D eigenvalue weighted by atomic mass is 16.9. The van der Waals surface area contributed by atoms with Crippen LogP contribution in [-0.2, 0) is 16.2 Å². The van der Waals surface area contributed by atoms with Gasteiger partial charge in [-0.05, 0) is 17.7 Å². The molecule has 0 unspecified atom stereocenters. The number of carbonyl (C=O) groups is 1. The van der Waals surface area contributed by atoms with Crippen LogP contribution in [0.15, 0.2) is 24.3 Å². The first-order valence-corrected chi connectivity index (χ1v) is 4.87. The van der Waals surface area contributed by atoms with Crippen molar-refractivity contribution in [2.24, 2.45) is 5.73 Å². The van der Waals surface area contributed by atoms with Gasteiger partial charge in [-0.1, -0.05) is 12.1 Å². The summed E-state index contributed by atoms with van der Waals surface area (Å²) in [5.41, 5.74) is 6.15. The normalized spacial score (nSPS) is 9.71. The Morgan fingerprint density at radius 3 is 2.53 bits per heavy atom. The average Bonchev–Trinajstić information content (AvgIpc) is 2.34. The van der Waals surface area contributed by atoms with E-state index in [1.807, 2.05) is 0 Å². The smallest absolute Gasteiger partial charge is 0.338 e. The highest BCUT2D eigenvalue weighted by Crippen LogP contribution is 2.07. The van der Waals surface area contributed by atoms with Crippen molar-refractivity contribution in [3.05, 3.63) is 45.5 Å². The van der Waals surface area contributed by atoms with Crippen molar-refractivity contribution >= 4 is 5.97 Å². The van der Waals surface area contributed by atoms with Gasteiger partial charge in [-0.25, -0.2) is 4.79 Å². The van der Waals surface area contributed by atoms with Gasteiger partial charge in [0.25, 0.3) is 5.09 Å². The fourth-order valence-corrected chi connectivity index (χ4v) is 1.10. The van der Waals surface area contributed by atoms with E-state index in [4.69, 9.17) is 10.5 Å². The number of hydrogen-bond donors (Lipinski definition) is 1. The Morgan fingerprint density at radius 1 is 1.35 bits per heavy atom. The molecule has 17 heavy (non-hydrogen) atoms. The van der Waals surface area contributed by atoms with Crippen molar-refractivity contribution in [1.29, 1.82) is 0 Å². The van der Waals surface area contributed by atoms with Crippen molar-refractivity contribution in [1.82, 2.24) is 0 Å². The maximum atomic E-state index is 11.4. The summed E-state index contributed by atoms with van der Waals surface area (Å²) in [6.45, 7) is 0.274. The van der Waals surface area contributed by atoms with Crippen LogP contribution in [-0.4, -0.2) is 24.2 Å². The summed E-state index contributed by atoms with van der Waals surface area (Å²) in [5, 5.41) is 9.09. The van der Waals surface area contributed by atoms with E-state index in [1.54, 1.807) is 12.1 Å². The lowest BCUT2D eigenvalue weighted by Crippen LogP contribution is -2.13. The van der Waals surface area contributed by atoms with Crippen molar-refractivity contribution in [2.75, 3.05) is 13.2 Å². The molecule has 0 radical (unpaired) electrons. The molecule has 7 nitrogen and oxygen atoms in total. The number of carbonyl (C=O) groups excluding carboxylic acids is 1. The molecule has 92 valence electrons. The molecule has 1 rings (SSSR count). The Bertz CT molecular complexity index is 390. The molecular formula is C10H12N2O5. The largest absolute Gasteiger partial charge is 0.461 e. The second-order valence-electron chi connectivity index (χ2n) is 3.12. The third-order valence-electron chi connectivity index (χ3n) is 1.88. The number of esters is 1. The lowest BCUT2D eigenvalue weighted by atomic mass is 10.1. The minimum Gasteiger partial charge on any atom is -0.461 e. The van der Waals surface area contributed by atoms with E-state index < -0.39 is 11.1 Å². The predicted octanol–water partition coefficient (Wildman–Crippen LogP) is 0.510. The van der Waals surface area contributed by atoms with E-state index >= 15 is 0 Å². The summed E-state index contributed by atoms with van der Waals surface area (Å²) in [4.78, 5) is 25.5. The lowest BCUT2D eigenvalue weighted by Gasteiger charge is -2.04. The highest BCUT2D eigenvalue weighted by molar-refractivity contribution is 5.89. The third kappa shape index (κ3) is 4.47. The van der Waals surface area contributed by atoms with Crippen LogP contribution in [0.1, 0.15) is 15.9 Å². The summed E-state index contributed by atoms with van der Waals surface area (Å²) in [6, 6.07) is 6.14. The van der Waals surface area contributed by atoms with Gasteiger partial charge >= 0.3 is 5.97 Å². The Kier molecular flexibility index (Phi) is 4.89. The van der Waals surface area contributed by atoms with Gasteiger partial charge in [-0.3, -0.25) is 0 Å². The van der Waals surface area contributed by atoms with E-state index in [0.29, 0.717) is 11.1 Å². The molecule has 1 aromatic rings. The highest BCUT2D eigenvalue weighted by Gasteiger charge is 2.06. The van der Waals surface area contributed by atoms with Crippen LogP contribution in [0.3, 0.4) is 0 Å². The first kappa shape index (κ1) is 12.9. The van der Waals surface area contributed by atoms with Crippen LogP contribution in [0.4, 0.5) is 0 Å². The van der Waals surface area contributed by atoms with E-state index in [2.05, 4.69) is 4.84 Å². The Balaban J connectivity index is 2.55.